The maximum Gasteiger partial charge on any atom is 0.254 e. The Morgan fingerprint density at radius 2 is 1.93 bits per heavy atom. The molecule has 0 bridgehead atoms. The number of hydrogen-bond acceptors (Lipinski definition) is 4. The molecule has 0 N–H and O–H groups in total. The molecule has 0 unspecified atom stereocenters. The van der Waals surface area contributed by atoms with E-state index in [1.807, 2.05) is 41.3 Å². The first-order valence-electron chi connectivity index (χ1n) is 9.52. The standard InChI is InChI=1S/C23H22ClNO4/c1-27-22-13-17(6-11-21(22)29-15-16-4-7-18(24)8-5-16)23(26)25(19-9-10-19)14-20-3-2-12-28-20/h2-8,11-13,19H,9-10,14-15H2,1H3. The summed E-state index contributed by atoms with van der Waals surface area (Å²) in [7, 11) is 1.57. The van der Waals surface area contributed by atoms with Gasteiger partial charge in [-0.1, -0.05) is 23.7 Å². The van der Waals surface area contributed by atoms with Gasteiger partial charge in [0.05, 0.1) is 19.9 Å². The molecule has 4 rings (SSSR count). The Hall–Kier alpha value is -2.92. The minimum absolute atomic E-state index is 0.0357. The molecule has 0 atom stereocenters. The fraction of sp³-hybridized carbons (Fsp3) is 0.261. The third kappa shape index (κ3) is 4.74. The summed E-state index contributed by atoms with van der Waals surface area (Å²) < 4.78 is 16.8. The number of carbonyl (C=O) groups is 1. The molecule has 1 saturated carbocycles. The first kappa shape index (κ1) is 19.4. The van der Waals surface area contributed by atoms with Gasteiger partial charge >= 0.3 is 0 Å². The van der Waals surface area contributed by atoms with Crippen molar-refractivity contribution in [2.45, 2.75) is 32.0 Å². The monoisotopic (exact) mass is 411 g/mol. The van der Waals surface area contributed by atoms with Crippen LogP contribution in [0.5, 0.6) is 11.5 Å². The van der Waals surface area contributed by atoms with Gasteiger partial charge in [0.1, 0.15) is 12.4 Å². The number of carbonyl (C=O) groups excluding carboxylic acids is 1. The highest BCUT2D eigenvalue weighted by molar-refractivity contribution is 6.30. The average Bonchev–Trinajstić information content (AvgIpc) is 3.46. The lowest BCUT2D eigenvalue weighted by atomic mass is 10.1. The highest BCUT2D eigenvalue weighted by Gasteiger charge is 2.34. The van der Waals surface area contributed by atoms with Crippen LogP contribution >= 0.6 is 11.6 Å². The van der Waals surface area contributed by atoms with Crippen molar-refractivity contribution in [3.05, 3.63) is 82.8 Å². The predicted molar refractivity (Wildman–Crippen MR) is 110 cm³/mol. The topological polar surface area (TPSA) is 51.9 Å². The van der Waals surface area contributed by atoms with Gasteiger partial charge in [-0.15, -0.1) is 0 Å². The highest BCUT2D eigenvalue weighted by atomic mass is 35.5. The summed E-state index contributed by atoms with van der Waals surface area (Å²) in [4.78, 5) is 15.0. The largest absolute Gasteiger partial charge is 0.493 e. The first-order chi connectivity index (χ1) is 14.1. The van der Waals surface area contributed by atoms with E-state index in [0.29, 0.717) is 35.2 Å². The molecule has 0 aliphatic heterocycles. The molecule has 1 aliphatic rings. The van der Waals surface area contributed by atoms with Crippen LogP contribution in [0.4, 0.5) is 0 Å². The Bertz CT molecular complexity index is 965. The second-order valence-corrected chi connectivity index (χ2v) is 7.46. The first-order valence-corrected chi connectivity index (χ1v) is 9.90. The van der Waals surface area contributed by atoms with E-state index >= 15 is 0 Å². The second kappa shape index (κ2) is 8.62. The molecular weight excluding hydrogens is 390 g/mol. The number of rotatable bonds is 8. The molecule has 2 aromatic carbocycles. The Morgan fingerprint density at radius 3 is 2.59 bits per heavy atom. The number of furan rings is 1. The number of methoxy groups -OCH3 is 1. The molecule has 6 heteroatoms. The normalized spacial score (nSPS) is 13.2. The Balaban J connectivity index is 1.48. The van der Waals surface area contributed by atoms with Crippen molar-refractivity contribution in [3.8, 4) is 11.5 Å². The molecule has 1 heterocycles. The van der Waals surface area contributed by atoms with Gasteiger partial charge < -0.3 is 18.8 Å². The van der Waals surface area contributed by atoms with Gasteiger partial charge in [-0.3, -0.25) is 4.79 Å². The van der Waals surface area contributed by atoms with E-state index in [0.717, 1.165) is 24.2 Å². The minimum Gasteiger partial charge on any atom is -0.493 e. The second-order valence-electron chi connectivity index (χ2n) is 7.02. The quantitative estimate of drug-likeness (QED) is 0.503. The summed E-state index contributed by atoms with van der Waals surface area (Å²) in [5, 5.41) is 0.684. The van der Waals surface area contributed by atoms with Crippen molar-refractivity contribution in [2.75, 3.05) is 7.11 Å². The number of hydrogen-bond donors (Lipinski definition) is 0. The fourth-order valence-corrected chi connectivity index (χ4v) is 3.28. The van der Waals surface area contributed by atoms with Crippen molar-refractivity contribution in [3.63, 3.8) is 0 Å². The van der Waals surface area contributed by atoms with Crippen LogP contribution in [0.2, 0.25) is 5.02 Å². The number of nitrogens with zero attached hydrogens (tertiary/aromatic N) is 1. The highest BCUT2D eigenvalue weighted by Crippen LogP contribution is 2.33. The van der Waals surface area contributed by atoms with E-state index < -0.39 is 0 Å². The maximum atomic E-state index is 13.1. The zero-order chi connectivity index (χ0) is 20.2. The van der Waals surface area contributed by atoms with E-state index in [9.17, 15) is 4.79 Å². The van der Waals surface area contributed by atoms with Crippen LogP contribution in [-0.4, -0.2) is 24.0 Å². The van der Waals surface area contributed by atoms with Crippen LogP contribution in [-0.2, 0) is 13.2 Å². The van der Waals surface area contributed by atoms with Gasteiger partial charge in [0, 0.05) is 16.6 Å². The van der Waals surface area contributed by atoms with Crippen LogP contribution in [0.1, 0.15) is 34.5 Å². The van der Waals surface area contributed by atoms with Crippen LogP contribution in [0.15, 0.2) is 65.3 Å². The molecule has 1 aliphatic carbocycles. The number of ether oxygens (including phenoxy) is 2. The van der Waals surface area contributed by atoms with Crippen molar-refractivity contribution < 1.29 is 18.7 Å². The van der Waals surface area contributed by atoms with Gasteiger partial charge in [0.2, 0.25) is 0 Å². The zero-order valence-electron chi connectivity index (χ0n) is 16.1. The average molecular weight is 412 g/mol. The summed E-state index contributed by atoms with van der Waals surface area (Å²) in [5.74, 6) is 1.85. The summed E-state index contributed by atoms with van der Waals surface area (Å²) in [6.07, 6.45) is 3.67. The molecule has 3 aromatic rings. The van der Waals surface area contributed by atoms with Crippen LogP contribution in [0.25, 0.3) is 0 Å². The lowest BCUT2D eigenvalue weighted by Crippen LogP contribution is -2.32. The Morgan fingerprint density at radius 1 is 1.14 bits per heavy atom. The number of benzene rings is 2. The molecule has 1 aromatic heterocycles. The molecule has 29 heavy (non-hydrogen) atoms. The van der Waals surface area contributed by atoms with E-state index in [2.05, 4.69) is 0 Å². The van der Waals surface area contributed by atoms with Crippen LogP contribution < -0.4 is 9.47 Å². The molecule has 5 nitrogen and oxygen atoms in total. The summed E-state index contributed by atoms with van der Waals surface area (Å²) in [6.45, 7) is 0.848. The van der Waals surface area contributed by atoms with Gasteiger partial charge in [-0.05, 0) is 60.9 Å². The SMILES string of the molecule is COc1cc(C(=O)N(Cc2ccco2)C2CC2)ccc1OCc1ccc(Cl)cc1. The summed E-state index contributed by atoms with van der Waals surface area (Å²) in [5.41, 5.74) is 1.56. The van der Waals surface area contributed by atoms with Gasteiger partial charge in [-0.25, -0.2) is 0 Å². The Labute approximate surface area is 174 Å². The number of halogens is 1. The molecule has 1 fully saturated rings. The minimum atomic E-state index is -0.0357. The van der Waals surface area contributed by atoms with Gasteiger partial charge in [-0.2, -0.15) is 0 Å². The molecule has 1 amide bonds. The predicted octanol–water partition coefficient (Wildman–Crippen LogP) is 5.33. The van der Waals surface area contributed by atoms with Crippen molar-refractivity contribution in [1.82, 2.24) is 4.90 Å². The van der Waals surface area contributed by atoms with Crippen LogP contribution in [0, 0.1) is 0 Å². The van der Waals surface area contributed by atoms with Gasteiger partial charge in [0.25, 0.3) is 5.91 Å². The molecule has 0 spiro atoms. The van der Waals surface area contributed by atoms with E-state index in [1.165, 1.54) is 0 Å². The third-order valence-electron chi connectivity index (χ3n) is 4.87. The van der Waals surface area contributed by atoms with Gasteiger partial charge in [0.15, 0.2) is 11.5 Å². The molecule has 0 radical (unpaired) electrons. The fourth-order valence-electron chi connectivity index (χ4n) is 3.15. The smallest absolute Gasteiger partial charge is 0.254 e. The molecule has 0 saturated heterocycles. The van der Waals surface area contributed by atoms with Crippen LogP contribution in [0.3, 0.4) is 0 Å². The summed E-state index contributed by atoms with van der Waals surface area (Å²) >= 11 is 5.92. The lowest BCUT2D eigenvalue weighted by Gasteiger charge is -2.22. The lowest BCUT2D eigenvalue weighted by molar-refractivity contribution is 0.0717. The zero-order valence-corrected chi connectivity index (χ0v) is 16.9. The summed E-state index contributed by atoms with van der Waals surface area (Å²) in [6, 6.07) is 16.7. The third-order valence-corrected chi connectivity index (χ3v) is 5.12. The number of amides is 1. The maximum absolute atomic E-state index is 13.1. The molecular formula is C23H22ClNO4. The molecule has 150 valence electrons. The van der Waals surface area contributed by atoms with E-state index in [4.69, 9.17) is 25.5 Å². The van der Waals surface area contributed by atoms with E-state index in [1.54, 1.807) is 31.6 Å². The van der Waals surface area contributed by atoms with E-state index in [-0.39, 0.29) is 11.9 Å². The Kier molecular flexibility index (Phi) is 5.76. The van der Waals surface area contributed by atoms with Crippen molar-refractivity contribution >= 4 is 17.5 Å². The van der Waals surface area contributed by atoms with Crippen molar-refractivity contribution in [2.24, 2.45) is 0 Å². The van der Waals surface area contributed by atoms with Crippen molar-refractivity contribution in [1.29, 1.82) is 0 Å².